The van der Waals surface area contributed by atoms with Gasteiger partial charge in [-0.3, -0.25) is 0 Å². The largest absolute Gasteiger partial charge is 0.382 e. The quantitative estimate of drug-likeness (QED) is 0.924. The first-order chi connectivity index (χ1) is 8.41. The average molecular weight is 318 g/mol. The first-order valence-electron chi connectivity index (χ1n) is 5.10. The van der Waals surface area contributed by atoms with Crippen molar-refractivity contribution in [2.75, 3.05) is 0 Å². The fourth-order valence-electron chi connectivity index (χ4n) is 1.67. The molecule has 18 heavy (non-hydrogen) atoms. The van der Waals surface area contributed by atoms with E-state index in [-0.39, 0.29) is 11.1 Å². The summed E-state index contributed by atoms with van der Waals surface area (Å²) in [6.45, 7) is 1.50. The van der Waals surface area contributed by atoms with Crippen LogP contribution in [0.5, 0.6) is 0 Å². The van der Waals surface area contributed by atoms with Gasteiger partial charge in [-0.1, -0.05) is 5.21 Å². The molecule has 1 unspecified atom stereocenters. The zero-order valence-corrected chi connectivity index (χ0v) is 11.2. The van der Waals surface area contributed by atoms with E-state index in [0.29, 0.717) is 10.3 Å². The van der Waals surface area contributed by atoms with Crippen LogP contribution in [0.3, 0.4) is 0 Å². The lowest BCUT2D eigenvalue weighted by atomic mass is 10.0. The summed E-state index contributed by atoms with van der Waals surface area (Å²) in [5.74, 6) is -1.45. The standard InChI is InChI=1S/C11H10BrF2N3O/c1-5-3-6(8(14)4-7(5)13)10(18)9-11(12)15-16-17(9)2/h3-4,10,18H,1-2H3. The Hall–Kier alpha value is -1.34. The number of rotatable bonds is 2. The van der Waals surface area contributed by atoms with Crippen molar-refractivity contribution in [2.24, 2.45) is 7.05 Å². The molecule has 0 spiro atoms. The lowest BCUT2D eigenvalue weighted by molar-refractivity contribution is 0.203. The number of aryl methyl sites for hydroxylation is 2. The van der Waals surface area contributed by atoms with Gasteiger partial charge in [-0.2, -0.15) is 0 Å². The summed E-state index contributed by atoms with van der Waals surface area (Å²) in [6.07, 6.45) is -1.27. The van der Waals surface area contributed by atoms with Gasteiger partial charge in [-0.15, -0.1) is 5.10 Å². The van der Waals surface area contributed by atoms with Crippen molar-refractivity contribution in [1.82, 2.24) is 15.0 Å². The molecule has 1 N–H and O–H groups in total. The highest BCUT2D eigenvalue weighted by molar-refractivity contribution is 9.10. The van der Waals surface area contributed by atoms with Crippen LogP contribution >= 0.6 is 15.9 Å². The van der Waals surface area contributed by atoms with E-state index in [4.69, 9.17) is 0 Å². The van der Waals surface area contributed by atoms with Crippen LogP contribution < -0.4 is 0 Å². The monoisotopic (exact) mass is 317 g/mol. The molecular formula is C11H10BrF2N3O. The highest BCUT2D eigenvalue weighted by Crippen LogP contribution is 2.29. The SMILES string of the molecule is Cc1cc(C(O)c2c(Br)nnn2C)c(F)cc1F. The first kappa shape index (κ1) is 13.1. The maximum atomic E-state index is 13.7. The molecule has 0 fully saturated rings. The zero-order valence-electron chi connectivity index (χ0n) is 9.65. The minimum absolute atomic E-state index is 0.0139. The Kier molecular flexibility index (Phi) is 3.45. The lowest BCUT2D eigenvalue weighted by Crippen LogP contribution is -2.10. The molecule has 1 aromatic heterocycles. The smallest absolute Gasteiger partial charge is 0.154 e. The molecule has 0 bridgehead atoms. The number of hydrogen-bond donors (Lipinski definition) is 1. The van der Waals surface area contributed by atoms with E-state index in [9.17, 15) is 13.9 Å². The second-order valence-corrected chi connectivity index (χ2v) is 4.67. The molecule has 2 rings (SSSR count). The lowest BCUT2D eigenvalue weighted by Gasteiger charge is -2.13. The predicted molar refractivity (Wildman–Crippen MR) is 63.9 cm³/mol. The van der Waals surface area contributed by atoms with Gasteiger partial charge in [0.25, 0.3) is 0 Å². The predicted octanol–water partition coefficient (Wildman–Crippen LogP) is 2.25. The minimum atomic E-state index is -1.27. The highest BCUT2D eigenvalue weighted by Gasteiger charge is 2.23. The molecule has 0 saturated heterocycles. The maximum absolute atomic E-state index is 13.7. The molecule has 0 aliphatic rings. The van der Waals surface area contributed by atoms with Gasteiger partial charge in [0.1, 0.15) is 23.4 Å². The highest BCUT2D eigenvalue weighted by atomic mass is 79.9. The van der Waals surface area contributed by atoms with E-state index in [1.165, 1.54) is 17.7 Å². The molecule has 1 atom stereocenters. The normalized spacial score (nSPS) is 12.8. The van der Waals surface area contributed by atoms with Crippen molar-refractivity contribution >= 4 is 15.9 Å². The van der Waals surface area contributed by atoms with E-state index in [1.54, 1.807) is 7.05 Å². The third-order valence-electron chi connectivity index (χ3n) is 2.66. The van der Waals surface area contributed by atoms with Crippen LogP contribution in [-0.2, 0) is 7.05 Å². The second-order valence-electron chi connectivity index (χ2n) is 3.91. The fraction of sp³-hybridized carbons (Fsp3) is 0.273. The van der Waals surface area contributed by atoms with Crippen LogP contribution in [0, 0.1) is 18.6 Å². The van der Waals surface area contributed by atoms with Gasteiger partial charge in [-0.05, 0) is 34.5 Å². The number of halogens is 3. The molecular weight excluding hydrogens is 308 g/mol. The topological polar surface area (TPSA) is 50.9 Å². The van der Waals surface area contributed by atoms with Gasteiger partial charge in [0.15, 0.2) is 4.60 Å². The second kappa shape index (κ2) is 4.74. The maximum Gasteiger partial charge on any atom is 0.154 e. The van der Waals surface area contributed by atoms with Crippen molar-refractivity contribution in [2.45, 2.75) is 13.0 Å². The number of nitrogens with zero attached hydrogens (tertiary/aromatic N) is 3. The molecule has 2 aromatic rings. The minimum Gasteiger partial charge on any atom is -0.382 e. The van der Waals surface area contributed by atoms with Gasteiger partial charge in [-0.25, -0.2) is 13.5 Å². The summed E-state index contributed by atoms with van der Waals surface area (Å²) >= 11 is 3.12. The molecule has 0 radical (unpaired) electrons. The van der Waals surface area contributed by atoms with Crippen molar-refractivity contribution in [3.05, 3.63) is 45.2 Å². The molecule has 1 heterocycles. The van der Waals surface area contributed by atoms with E-state index < -0.39 is 17.7 Å². The van der Waals surface area contributed by atoms with Crippen LogP contribution in [0.4, 0.5) is 8.78 Å². The van der Waals surface area contributed by atoms with Gasteiger partial charge < -0.3 is 5.11 Å². The summed E-state index contributed by atoms with van der Waals surface area (Å²) in [5.41, 5.74) is 0.552. The summed E-state index contributed by atoms with van der Waals surface area (Å²) in [6, 6.07) is 2.03. The van der Waals surface area contributed by atoms with Gasteiger partial charge in [0.05, 0.1) is 0 Å². The number of aliphatic hydroxyl groups is 1. The number of aliphatic hydroxyl groups excluding tert-OH is 1. The van der Waals surface area contributed by atoms with Gasteiger partial charge in [0.2, 0.25) is 0 Å². The van der Waals surface area contributed by atoms with Crippen LogP contribution in [-0.4, -0.2) is 20.1 Å². The Labute approximate surface area is 110 Å². The van der Waals surface area contributed by atoms with Crippen molar-refractivity contribution in [1.29, 1.82) is 0 Å². The molecule has 0 saturated carbocycles. The zero-order chi connectivity index (χ0) is 13.4. The third-order valence-corrected chi connectivity index (χ3v) is 3.22. The fourth-order valence-corrected chi connectivity index (χ4v) is 2.21. The number of aromatic nitrogens is 3. The van der Waals surface area contributed by atoms with Crippen molar-refractivity contribution in [3.8, 4) is 0 Å². The van der Waals surface area contributed by atoms with Crippen LogP contribution in [0.15, 0.2) is 16.7 Å². The van der Waals surface area contributed by atoms with Crippen LogP contribution in [0.25, 0.3) is 0 Å². The number of hydrogen-bond acceptors (Lipinski definition) is 3. The molecule has 1 aromatic carbocycles. The van der Waals surface area contributed by atoms with Crippen molar-refractivity contribution in [3.63, 3.8) is 0 Å². The van der Waals surface area contributed by atoms with Crippen LogP contribution in [0.1, 0.15) is 22.9 Å². The average Bonchev–Trinajstić information content (AvgIpc) is 2.63. The van der Waals surface area contributed by atoms with Crippen molar-refractivity contribution < 1.29 is 13.9 Å². The summed E-state index contributed by atoms with van der Waals surface area (Å²) in [7, 11) is 1.57. The Morgan fingerprint density at radius 3 is 2.56 bits per heavy atom. The van der Waals surface area contributed by atoms with Gasteiger partial charge >= 0.3 is 0 Å². The molecule has 0 aliphatic carbocycles. The van der Waals surface area contributed by atoms with E-state index in [2.05, 4.69) is 26.2 Å². The summed E-state index contributed by atoms with van der Waals surface area (Å²) < 4.78 is 28.5. The van der Waals surface area contributed by atoms with E-state index >= 15 is 0 Å². The molecule has 0 amide bonds. The number of benzene rings is 1. The molecule has 0 aliphatic heterocycles. The first-order valence-corrected chi connectivity index (χ1v) is 5.89. The molecule has 7 heteroatoms. The summed E-state index contributed by atoms with van der Waals surface area (Å²) in [4.78, 5) is 0. The molecule has 96 valence electrons. The Morgan fingerprint density at radius 1 is 1.33 bits per heavy atom. The Bertz CT molecular complexity index is 581. The molecule has 4 nitrogen and oxygen atoms in total. The van der Waals surface area contributed by atoms with Crippen LogP contribution in [0.2, 0.25) is 0 Å². The van der Waals surface area contributed by atoms with Gasteiger partial charge in [0, 0.05) is 18.7 Å². The Morgan fingerprint density at radius 2 is 2.00 bits per heavy atom. The third kappa shape index (κ3) is 2.15. The van der Waals surface area contributed by atoms with E-state index in [0.717, 1.165) is 6.07 Å². The Balaban J connectivity index is 2.53. The summed E-state index contributed by atoms with van der Waals surface area (Å²) in [5, 5.41) is 17.5. The van der Waals surface area contributed by atoms with E-state index in [1.807, 2.05) is 0 Å².